The average molecular weight is 292 g/mol. The lowest BCUT2D eigenvalue weighted by molar-refractivity contribution is -0.142. The molecule has 1 aliphatic carbocycles. The first-order valence-electron chi connectivity index (χ1n) is 7.33. The SMILES string of the molecule is CN(Cc1ccoc1)C(=O)N1CC2CCCC2C1C(=O)O. The van der Waals surface area contributed by atoms with Gasteiger partial charge in [0.2, 0.25) is 0 Å². The lowest BCUT2D eigenvalue weighted by atomic mass is 9.94. The van der Waals surface area contributed by atoms with E-state index < -0.39 is 12.0 Å². The molecular formula is C15H20N2O4. The Labute approximate surface area is 123 Å². The van der Waals surface area contributed by atoms with Crippen LogP contribution in [0.2, 0.25) is 0 Å². The number of furan rings is 1. The van der Waals surface area contributed by atoms with Crippen molar-refractivity contribution in [1.82, 2.24) is 9.80 Å². The van der Waals surface area contributed by atoms with Crippen LogP contribution in [0.5, 0.6) is 0 Å². The Morgan fingerprint density at radius 1 is 1.48 bits per heavy atom. The Hall–Kier alpha value is -1.98. The van der Waals surface area contributed by atoms with E-state index in [-0.39, 0.29) is 11.9 Å². The molecule has 0 spiro atoms. The lowest BCUT2D eigenvalue weighted by Gasteiger charge is -2.29. The predicted molar refractivity (Wildman–Crippen MR) is 74.5 cm³/mol. The van der Waals surface area contributed by atoms with E-state index in [1.165, 1.54) is 4.90 Å². The van der Waals surface area contributed by atoms with E-state index in [9.17, 15) is 14.7 Å². The zero-order valence-corrected chi connectivity index (χ0v) is 12.1. The molecule has 0 aromatic carbocycles. The highest BCUT2D eigenvalue weighted by Gasteiger charge is 2.50. The first-order valence-corrected chi connectivity index (χ1v) is 7.33. The second kappa shape index (κ2) is 5.42. The molecule has 1 aromatic heterocycles. The summed E-state index contributed by atoms with van der Waals surface area (Å²) in [5.41, 5.74) is 0.900. The fraction of sp³-hybridized carbons (Fsp3) is 0.600. The molecule has 3 unspecified atom stereocenters. The van der Waals surface area contributed by atoms with E-state index in [2.05, 4.69) is 0 Å². The van der Waals surface area contributed by atoms with Crippen LogP contribution >= 0.6 is 0 Å². The summed E-state index contributed by atoms with van der Waals surface area (Å²) in [7, 11) is 1.70. The molecule has 2 amide bonds. The van der Waals surface area contributed by atoms with E-state index in [0.717, 1.165) is 24.8 Å². The highest BCUT2D eigenvalue weighted by molar-refractivity contribution is 5.83. The van der Waals surface area contributed by atoms with Gasteiger partial charge in [-0.3, -0.25) is 0 Å². The van der Waals surface area contributed by atoms with E-state index in [0.29, 0.717) is 19.0 Å². The number of carbonyl (C=O) groups excluding carboxylic acids is 1. The number of rotatable bonds is 3. The molecule has 0 radical (unpaired) electrons. The van der Waals surface area contributed by atoms with Crippen molar-refractivity contribution in [1.29, 1.82) is 0 Å². The number of urea groups is 1. The third-order valence-corrected chi connectivity index (χ3v) is 4.72. The number of aliphatic carboxylic acids is 1. The minimum atomic E-state index is -0.880. The number of hydrogen-bond donors (Lipinski definition) is 1. The highest BCUT2D eigenvalue weighted by Crippen LogP contribution is 2.42. The van der Waals surface area contributed by atoms with Gasteiger partial charge in [0.25, 0.3) is 0 Å². The van der Waals surface area contributed by atoms with Gasteiger partial charge < -0.3 is 19.3 Å². The molecule has 6 nitrogen and oxygen atoms in total. The third kappa shape index (κ3) is 2.50. The van der Waals surface area contributed by atoms with E-state index in [4.69, 9.17) is 4.42 Å². The maximum atomic E-state index is 12.6. The predicted octanol–water partition coefficient (Wildman–Crippen LogP) is 2.02. The van der Waals surface area contributed by atoms with Crippen LogP contribution in [0.25, 0.3) is 0 Å². The molecule has 1 N–H and O–H groups in total. The van der Waals surface area contributed by atoms with Gasteiger partial charge in [-0.15, -0.1) is 0 Å². The van der Waals surface area contributed by atoms with Gasteiger partial charge in [-0.2, -0.15) is 0 Å². The molecule has 114 valence electrons. The molecule has 2 fully saturated rings. The van der Waals surface area contributed by atoms with Crippen molar-refractivity contribution >= 4 is 12.0 Å². The Balaban J connectivity index is 1.72. The number of hydrogen-bond acceptors (Lipinski definition) is 3. The standard InChI is InChI=1S/C15H20N2O4/c1-16(7-10-5-6-21-9-10)15(20)17-8-11-3-2-4-12(11)13(17)14(18)19/h5-6,9,11-13H,2-4,7-8H2,1H3,(H,18,19). The molecule has 1 saturated heterocycles. The van der Waals surface area contributed by atoms with Crippen molar-refractivity contribution in [2.24, 2.45) is 11.8 Å². The zero-order valence-electron chi connectivity index (χ0n) is 12.1. The Bertz CT molecular complexity index is 528. The normalized spacial score (nSPS) is 27.7. The van der Waals surface area contributed by atoms with Gasteiger partial charge in [-0.1, -0.05) is 6.42 Å². The maximum Gasteiger partial charge on any atom is 0.326 e. The van der Waals surface area contributed by atoms with Crippen molar-refractivity contribution in [3.63, 3.8) is 0 Å². The zero-order chi connectivity index (χ0) is 15.0. The molecule has 1 aromatic rings. The second-order valence-electron chi connectivity index (χ2n) is 6.06. The summed E-state index contributed by atoms with van der Waals surface area (Å²) in [5.74, 6) is -0.416. The van der Waals surface area contributed by atoms with Crippen molar-refractivity contribution in [3.8, 4) is 0 Å². The van der Waals surface area contributed by atoms with Crippen LogP contribution in [0.1, 0.15) is 24.8 Å². The topological polar surface area (TPSA) is 74.0 Å². The number of fused-ring (bicyclic) bond motifs is 1. The maximum absolute atomic E-state index is 12.6. The number of amides is 2. The second-order valence-corrected chi connectivity index (χ2v) is 6.06. The van der Waals surface area contributed by atoms with Crippen LogP contribution in [0.3, 0.4) is 0 Å². The van der Waals surface area contributed by atoms with Gasteiger partial charge in [0, 0.05) is 19.2 Å². The van der Waals surface area contributed by atoms with Crippen molar-refractivity contribution in [2.45, 2.75) is 31.8 Å². The van der Waals surface area contributed by atoms with Crippen LogP contribution in [0, 0.1) is 11.8 Å². The summed E-state index contributed by atoms with van der Waals surface area (Å²) < 4.78 is 4.99. The van der Waals surface area contributed by atoms with Crippen molar-refractivity contribution in [2.75, 3.05) is 13.6 Å². The van der Waals surface area contributed by atoms with Gasteiger partial charge in [-0.25, -0.2) is 9.59 Å². The molecule has 2 heterocycles. The van der Waals surface area contributed by atoms with Gasteiger partial charge in [0.1, 0.15) is 6.04 Å². The molecule has 3 atom stereocenters. The lowest BCUT2D eigenvalue weighted by Crippen LogP contribution is -2.48. The first kappa shape index (κ1) is 14.0. The summed E-state index contributed by atoms with van der Waals surface area (Å²) in [6.07, 6.45) is 6.18. The van der Waals surface area contributed by atoms with Gasteiger partial charge >= 0.3 is 12.0 Å². The molecule has 3 rings (SSSR count). The smallest absolute Gasteiger partial charge is 0.326 e. The number of carboxylic acids is 1. The summed E-state index contributed by atoms with van der Waals surface area (Å²) >= 11 is 0. The van der Waals surface area contributed by atoms with Crippen LogP contribution in [-0.2, 0) is 11.3 Å². The minimum absolute atomic E-state index is 0.119. The van der Waals surface area contributed by atoms with Crippen LogP contribution in [-0.4, -0.2) is 46.5 Å². The number of carboxylic acid groups (broad SMARTS) is 1. The Morgan fingerprint density at radius 3 is 2.95 bits per heavy atom. The first-order chi connectivity index (χ1) is 10.1. The van der Waals surface area contributed by atoms with Gasteiger partial charge in [0.15, 0.2) is 0 Å². The third-order valence-electron chi connectivity index (χ3n) is 4.72. The molecule has 6 heteroatoms. The fourth-order valence-electron chi connectivity index (χ4n) is 3.76. The fourth-order valence-corrected chi connectivity index (χ4v) is 3.76. The molecule has 1 saturated carbocycles. The summed E-state index contributed by atoms with van der Waals surface area (Å²) in [4.78, 5) is 27.2. The minimum Gasteiger partial charge on any atom is -0.480 e. The van der Waals surface area contributed by atoms with Crippen LogP contribution in [0.4, 0.5) is 4.79 Å². The molecule has 0 bridgehead atoms. The van der Waals surface area contributed by atoms with Crippen molar-refractivity contribution in [3.05, 3.63) is 24.2 Å². The molecule has 2 aliphatic rings. The summed E-state index contributed by atoms with van der Waals surface area (Å²) in [5, 5.41) is 9.49. The average Bonchev–Trinajstić information content (AvgIpc) is 3.12. The Morgan fingerprint density at radius 2 is 2.29 bits per heavy atom. The molecule has 1 aliphatic heterocycles. The quantitative estimate of drug-likeness (QED) is 0.925. The summed E-state index contributed by atoms with van der Waals surface area (Å²) in [6.45, 7) is 0.990. The number of carbonyl (C=O) groups is 2. The monoisotopic (exact) mass is 292 g/mol. The molecule has 21 heavy (non-hydrogen) atoms. The van der Waals surface area contributed by atoms with Crippen LogP contribution < -0.4 is 0 Å². The van der Waals surface area contributed by atoms with Gasteiger partial charge in [-0.05, 0) is 30.7 Å². The van der Waals surface area contributed by atoms with E-state index in [1.54, 1.807) is 30.5 Å². The number of likely N-dealkylation sites (tertiary alicyclic amines) is 1. The van der Waals surface area contributed by atoms with Crippen LogP contribution in [0.15, 0.2) is 23.0 Å². The largest absolute Gasteiger partial charge is 0.480 e. The highest BCUT2D eigenvalue weighted by atomic mass is 16.4. The van der Waals surface area contributed by atoms with Crippen molar-refractivity contribution < 1.29 is 19.1 Å². The van der Waals surface area contributed by atoms with E-state index >= 15 is 0 Å². The number of nitrogens with zero attached hydrogens (tertiary/aromatic N) is 2. The Kier molecular flexibility index (Phi) is 3.61. The molecular weight excluding hydrogens is 272 g/mol. The summed E-state index contributed by atoms with van der Waals surface area (Å²) in [6, 6.07) is 0.923. The van der Waals surface area contributed by atoms with E-state index in [1.807, 2.05) is 0 Å². The van der Waals surface area contributed by atoms with Gasteiger partial charge in [0.05, 0.1) is 19.1 Å².